The van der Waals surface area contributed by atoms with Crippen LogP contribution in [-0.4, -0.2) is 49.4 Å². The van der Waals surface area contributed by atoms with Gasteiger partial charge in [0.1, 0.15) is 12.7 Å². The Bertz CT molecular complexity index is 1050. The van der Waals surface area contributed by atoms with Gasteiger partial charge in [0.25, 0.3) is 0 Å². The molecule has 2 aliphatic rings. The Kier molecular flexibility index (Phi) is 7.13. The Hall–Kier alpha value is -3.19. The topological polar surface area (TPSA) is 60.0 Å². The van der Waals surface area contributed by atoms with E-state index in [0.29, 0.717) is 19.2 Å². The lowest BCUT2D eigenvalue weighted by Gasteiger charge is -2.41. The van der Waals surface area contributed by atoms with Gasteiger partial charge in [0.15, 0.2) is 0 Å². The quantitative estimate of drug-likeness (QED) is 0.564. The number of carbonyl (C=O) groups is 1. The van der Waals surface area contributed by atoms with Gasteiger partial charge in [-0.05, 0) is 25.5 Å². The molecule has 0 unspecified atom stereocenters. The van der Waals surface area contributed by atoms with Gasteiger partial charge in [-0.15, -0.1) is 0 Å². The average Bonchev–Trinajstić information content (AvgIpc) is 3.40. The maximum atomic E-state index is 13.2. The molecule has 3 aromatic rings. The molecule has 3 aromatic carbocycles. The lowest BCUT2D eigenvalue weighted by Crippen LogP contribution is -2.56. The number of likely N-dealkylation sites (tertiary alicyclic amines) is 1. The maximum absolute atomic E-state index is 13.2. The summed E-state index contributed by atoms with van der Waals surface area (Å²) >= 11 is 0. The molecule has 0 radical (unpaired) electrons. The number of piperidine rings is 1. The van der Waals surface area contributed by atoms with Crippen molar-refractivity contribution < 1.29 is 19.0 Å². The van der Waals surface area contributed by atoms with E-state index in [1.54, 1.807) is 0 Å². The van der Waals surface area contributed by atoms with Crippen LogP contribution < -0.4 is 5.32 Å². The Morgan fingerprint density at radius 1 is 0.971 bits per heavy atom. The molecule has 2 saturated heterocycles. The van der Waals surface area contributed by atoms with Crippen molar-refractivity contribution in [3.05, 3.63) is 108 Å². The van der Waals surface area contributed by atoms with E-state index in [9.17, 15) is 4.79 Å². The summed E-state index contributed by atoms with van der Waals surface area (Å²) in [5.41, 5.74) is 2.84. The van der Waals surface area contributed by atoms with E-state index in [4.69, 9.17) is 14.2 Å². The summed E-state index contributed by atoms with van der Waals surface area (Å²) < 4.78 is 19.0. The molecule has 2 fully saturated rings. The van der Waals surface area contributed by atoms with Crippen LogP contribution in [0, 0.1) is 0 Å². The number of hydrogen-bond donors (Lipinski definition) is 1. The first-order valence-electron chi connectivity index (χ1n) is 12.3. The molecule has 6 heteroatoms. The van der Waals surface area contributed by atoms with Crippen LogP contribution >= 0.6 is 0 Å². The number of carbonyl (C=O) groups excluding carboxylic acids is 1. The minimum Gasteiger partial charge on any atom is -0.445 e. The second-order valence-corrected chi connectivity index (χ2v) is 9.13. The lowest BCUT2D eigenvalue weighted by molar-refractivity contribution is -0.151. The molecule has 5 rings (SSSR count). The summed E-state index contributed by atoms with van der Waals surface area (Å²) in [6.07, 6.45) is 1.03. The third kappa shape index (κ3) is 4.96. The Labute approximate surface area is 206 Å². The first-order chi connectivity index (χ1) is 17.2. The van der Waals surface area contributed by atoms with Crippen molar-refractivity contribution in [2.75, 3.05) is 20.2 Å². The molecule has 0 aromatic heterocycles. The standard InChI is InChI=1S/C29H32N2O4/c1-30-25-17-18-31(28(32)33-20-22-11-5-2-6-12-22)26(19-25)27-21-34-29(35-27,23-13-7-3-8-14-23)24-15-9-4-10-16-24/h2-16,25-27,30H,17-21H2,1H3/t25-,26+,27+/m1/s1. The summed E-state index contributed by atoms with van der Waals surface area (Å²) in [5, 5.41) is 3.38. The number of benzene rings is 3. The minimum absolute atomic E-state index is 0.168. The zero-order chi connectivity index (χ0) is 24.1. The van der Waals surface area contributed by atoms with Gasteiger partial charge in [-0.2, -0.15) is 0 Å². The highest BCUT2D eigenvalue weighted by molar-refractivity contribution is 5.68. The molecule has 1 amide bonds. The summed E-state index contributed by atoms with van der Waals surface area (Å²) in [4.78, 5) is 15.1. The van der Waals surface area contributed by atoms with E-state index in [-0.39, 0.29) is 24.8 Å². The average molecular weight is 473 g/mol. The normalized spacial score (nSPS) is 23.7. The molecule has 182 valence electrons. The van der Waals surface area contributed by atoms with Gasteiger partial charge in [-0.1, -0.05) is 91.0 Å². The molecule has 3 atom stereocenters. The predicted octanol–water partition coefficient (Wildman–Crippen LogP) is 4.69. The van der Waals surface area contributed by atoms with Crippen molar-refractivity contribution in [3.8, 4) is 0 Å². The van der Waals surface area contributed by atoms with Gasteiger partial charge in [0.05, 0.1) is 12.6 Å². The molecule has 0 aliphatic carbocycles. The number of ether oxygens (including phenoxy) is 3. The maximum Gasteiger partial charge on any atom is 0.410 e. The van der Waals surface area contributed by atoms with Gasteiger partial charge >= 0.3 is 6.09 Å². The van der Waals surface area contributed by atoms with Crippen LogP contribution in [0.25, 0.3) is 0 Å². The minimum atomic E-state index is -1.01. The zero-order valence-electron chi connectivity index (χ0n) is 20.0. The van der Waals surface area contributed by atoms with Crippen LogP contribution in [0.1, 0.15) is 29.5 Å². The second-order valence-electron chi connectivity index (χ2n) is 9.13. The molecule has 2 aliphatic heterocycles. The highest BCUT2D eigenvalue weighted by atomic mass is 16.7. The third-order valence-electron chi connectivity index (χ3n) is 7.00. The fraction of sp³-hybridized carbons (Fsp3) is 0.345. The largest absolute Gasteiger partial charge is 0.445 e. The Morgan fingerprint density at radius 3 is 2.17 bits per heavy atom. The van der Waals surface area contributed by atoms with Crippen molar-refractivity contribution in [3.63, 3.8) is 0 Å². The van der Waals surface area contributed by atoms with Gasteiger partial charge in [-0.3, -0.25) is 0 Å². The van der Waals surface area contributed by atoms with Gasteiger partial charge in [-0.25, -0.2) is 4.79 Å². The Morgan fingerprint density at radius 2 is 1.57 bits per heavy atom. The first-order valence-corrected chi connectivity index (χ1v) is 12.3. The molecule has 0 saturated carbocycles. The summed E-state index contributed by atoms with van der Waals surface area (Å²) in [6, 6.07) is 29.9. The van der Waals surface area contributed by atoms with Gasteiger partial charge in [0, 0.05) is 23.7 Å². The molecule has 6 nitrogen and oxygen atoms in total. The monoisotopic (exact) mass is 472 g/mol. The van der Waals surface area contributed by atoms with Gasteiger partial charge < -0.3 is 24.4 Å². The van der Waals surface area contributed by atoms with Crippen molar-refractivity contribution in [1.29, 1.82) is 0 Å². The number of hydrogen-bond acceptors (Lipinski definition) is 5. The summed E-state index contributed by atoms with van der Waals surface area (Å²) in [5.74, 6) is -1.01. The number of nitrogens with one attached hydrogen (secondary N) is 1. The number of nitrogens with zero attached hydrogens (tertiary/aromatic N) is 1. The van der Waals surface area contributed by atoms with Crippen molar-refractivity contribution in [2.24, 2.45) is 0 Å². The van der Waals surface area contributed by atoms with Crippen molar-refractivity contribution in [2.45, 2.75) is 43.4 Å². The van der Waals surface area contributed by atoms with Crippen molar-refractivity contribution in [1.82, 2.24) is 10.2 Å². The van der Waals surface area contributed by atoms with Gasteiger partial charge in [0.2, 0.25) is 5.79 Å². The lowest BCUT2D eigenvalue weighted by atomic mass is 9.93. The fourth-order valence-electron chi connectivity index (χ4n) is 5.10. The zero-order valence-corrected chi connectivity index (χ0v) is 20.0. The van der Waals surface area contributed by atoms with E-state index >= 15 is 0 Å². The van der Waals surface area contributed by atoms with E-state index in [1.165, 1.54) is 0 Å². The first kappa shape index (κ1) is 23.5. The van der Waals surface area contributed by atoms with Crippen LogP contribution in [0.2, 0.25) is 0 Å². The third-order valence-corrected chi connectivity index (χ3v) is 7.00. The van der Waals surface area contributed by atoms with Crippen LogP contribution in [0.5, 0.6) is 0 Å². The summed E-state index contributed by atoms with van der Waals surface area (Å²) in [7, 11) is 1.97. The van der Waals surface area contributed by atoms with E-state index < -0.39 is 5.79 Å². The molecular weight excluding hydrogens is 440 g/mol. The van der Waals surface area contributed by atoms with E-state index in [0.717, 1.165) is 29.5 Å². The van der Waals surface area contributed by atoms with E-state index in [1.807, 2.05) is 103 Å². The highest BCUT2D eigenvalue weighted by Gasteiger charge is 2.50. The molecule has 35 heavy (non-hydrogen) atoms. The number of amides is 1. The van der Waals surface area contributed by atoms with Crippen LogP contribution in [-0.2, 0) is 26.6 Å². The molecule has 1 N–H and O–H groups in total. The summed E-state index contributed by atoms with van der Waals surface area (Å²) in [6.45, 7) is 1.24. The molecule has 0 bridgehead atoms. The van der Waals surface area contributed by atoms with Crippen LogP contribution in [0.3, 0.4) is 0 Å². The second kappa shape index (κ2) is 10.6. The predicted molar refractivity (Wildman–Crippen MR) is 134 cm³/mol. The Balaban J connectivity index is 1.39. The van der Waals surface area contributed by atoms with Crippen LogP contribution in [0.4, 0.5) is 4.79 Å². The SMILES string of the molecule is CN[C@@H]1CCN(C(=O)OCc2ccccc2)[C@H]([C@@H]2COC(c3ccccc3)(c3ccccc3)O2)C1. The van der Waals surface area contributed by atoms with E-state index in [2.05, 4.69) is 5.32 Å². The number of rotatable bonds is 6. The smallest absolute Gasteiger partial charge is 0.410 e. The van der Waals surface area contributed by atoms with Crippen molar-refractivity contribution >= 4 is 6.09 Å². The van der Waals surface area contributed by atoms with Crippen LogP contribution in [0.15, 0.2) is 91.0 Å². The highest BCUT2D eigenvalue weighted by Crippen LogP contribution is 2.42. The molecule has 0 spiro atoms. The fourth-order valence-corrected chi connectivity index (χ4v) is 5.10. The molecule has 2 heterocycles. The molecular formula is C29H32N2O4.